The van der Waals surface area contributed by atoms with Gasteiger partial charge in [0.2, 0.25) is 0 Å². The summed E-state index contributed by atoms with van der Waals surface area (Å²) in [4.78, 5) is 4.01. The fourth-order valence-electron chi connectivity index (χ4n) is 2.51. The standard InChI is InChI=1S/C17H14F5N5O2/c18-16(19)15(28)14(27-9-24-25-26-27)13-6-5-12(7-23-13)29-8-10-1-3-11(4-2-10)17(20,21)22/h1-7,9,14-16,28H,8H2. The first-order valence-corrected chi connectivity index (χ1v) is 8.19. The molecule has 2 unspecified atom stereocenters. The predicted octanol–water partition coefficient (Wildman–Crippen LogP) is 2.88. The molecule has 2 atom stereocenters. The Kier molecular flexibility index (Phi) is 6.01. The summed E-state index contributed by atoms with van der Waals surface area (Å²) in [5.74, 6) is 0.260. The van der Waals surface area contributed by atoms with Crippen LogP contribution in [0.4, 0.5) is 22.0 Å². The fraction of sp³-hybridized carbons (Fsp3) is 0.294. The lowest BCUT2D eigenvalue weighted by Gasteiger charge is -2.21. The van der Waals surface area contributed by atoms with Crippen molar-refractivity contribution in [2.75, 3.05) is 0 Å². The molecule has 7 nitrogen and oxygen atoms in total. The molecular weight excluding hydrogens is 401 g/mol. The monoisotopic (exact) mass is 415 g/mol. The van der Waals surface area contributed by atoms with Crippen LogP contribution in [-0.2, 0) is 12.8 Å². The maximum absolute atomic E-state index is 13.0. The van der Waals surface area contributed by atoms with Gasteiger partial charge in [-0.15, -0.1) is 5.10 Å². The molecule has 0 spiro atoms. The van der Waals surface area contributed by atoms with Crippen LogP contribution in [0.25, 0.3) is 0 Å². The molecule has 0 radical (unpaired) electrons. The Bertz CT molecular complexity index is 901. The van der Waals surface area contributed by atoms with E-state index in [1.807, 2.05) is 0 Å². The second-order valence-corrected chi connectivity index (χ2v) is 5.96. The van der Waals surface area contributed by atoms with Crippen molar-refractivity contribution in [3.63, 3.8) is 0 Å². The zero-order chi connectivity index (χ0) is 21.0. The molecule has 0 saturated carbocycles. The zero-order valence-electron chi connectivity index (χ0n) is 14.5. The number of hydrogen-bond acceptors (Lipinski definition) is 6. The molecule has 12 heteroatoms. The highest BCUT2D eigenvalue weighted by atomic mass is 19.4. The molecule has 0 aliphatic carbocycles. The van der Waals surface area contributed by atoms with Crippen LogP contribution in [0.1, 0.15) is 22.9 Å². The number of pyridine rings is 1. The quantitative estimate of drug-likeness (QED) is 0.598. The minimum Gasteiger partial charge on any atom is -0.487 e. The minimum atomic E-state index is -4.42. The smallest absolute Gasteiger partial charge is 0.416 e. The van der Waals surface area contributed by atoms with Gasteiger partial charge in [0.1, 0.15) is 30.8 Å². The second-order valence-electron chi connectivity index (χ2n) is 5.96. The molecule has 0 fully saturated rings. The average molecular weight is 415 g/mol. The lowest BCUT2D eigenvalue weighted by atomic mass is 10.1. The molecule has 0 aliphatic rings. The maximum atomic E-state index is 13.0. The van der Waals surface area contributed by atoms with Crippen LogP contribution in [0, 0.1) is 0 Å². The Morgan fingerprint density at radius 2 is 1.79 bits per heavy atom. The Labute approximate surface area is 160 Å². The molecule has 3 rings (SSSR count). The van der Waals surface area contributed by atoms with E-state index >= 15 is 0 Å². The SMILES string of the molecule is OC(C(F)F)C(c1ccc(OCc2ccc(C(F)(F)F)cc2)cn1)n1cnnn1. The molecule has 1 N–H and O–H groups in total. The van der Waals surface area contributed by atoms with Gasteiger partial charge >= 0.3 is 6.18 Å². The number of aliphatic hydroxyl groups excluding tert-OH is 1. The summed E-state index contributed by atoms with van der Waals surface area (Å²) in [6, 6.07) is 5.95. The van der Waals surface area contributed by atoms with Gasteiger partial charge in [-0.2, -0.15) is 13.2 Å². The van der Waals surface area contributed by atoms with Crippen molar-refractivity contribution in [1.82, 2.24) is 25.2 Å². The molecule has 0 aliphatic heterocycles. The molecule has 0 bridgehead atoms. The summed E-state index contributed by atoms with van der Waals surface area (Å²) in [7, 11) is 0. The van der Waals surface area contributed by atoms with Gasteiger partial charge in [-0.3, -0.25) is 4.98 Å². The van der Waals surface area contributed by atoms with Gasteiger partial charge in [-0.25, -0.2) is 13.5 Å². The Morgan fingerprint density at radius 3 is 2.31 bits per heavy atom. The number of hydrogen-bond donors (Lipinski definition) is 1. The first kappa shape index (κ1) is 20.6. The van der Waals surface area contributed by atoms with Crippen LogP contribution < -0.4 is 4.74 Å². The van der Waals surface area contributed by atoms with Crippen LogP contribution in [-0.4, -0.2) is 42.8 Å². The zero-order valence-corrected chi connectivity index (χ0v) is 14.5. The molecule has 0 amide bonds. The number of halogens is 5. The average Bonchev–Trinajstić information content (AvgIpc) is 3.21. The predicted molar refractivity (Wildman–Crippen MR) is 88.0 cm³/mol. The number of aromatic nitrogens is 5. The number of nitrogens with zero attached hydrogens (tertiary/aromatic N) is 5. The van der Waals surface area contributed by atoms with Gasteiger partial charge in [0, 0.05) is 0 Å². The third-order valence-corrected chi connectivity index (χ3v) is 3.98. The molecule has 154 valence electrons. The molecule has 1 aromatic carbocycles. The van der Waals surface area contributed by atoms with Crippen molar-refractivity contribution in [3.05, 3.63) is 65.7 Å². The molecular formula is C17H14F5N5O2. The molecule has 2 heterocycles. The number of aliphatic hydroxyl groups is 1. The van der Waals surface area contributed by atoms with Gasteiger partial charge in [0.05, 0.1) is 17.5 Å². The van der Waals surface area contributed by atoms with E-state index in [1.165, 1.54) is 30.5 Å². The van der Waals surface area contributed by atoms with E-state index in [0.29, 0.717) is 5.56 Å². The second kappa shape index (κ2) is 8.47. The summed E-state index contributed by atoms with van der Waals surface area (Å²) < 4.78 is 70.1. The third kappa shape index (κ3) is 5.02. The van der Waals surface area contributed by atoms with E-state index in [4.69, 9.17) is 4.74 Å². The molecule has 29 heavy (non-hydrogen) atoms. The summed E-state index contributed by atoms with van der Waals surface area (Å²) >= 11 is 0. The Balaban J connectivity index is 1.69. The Morgan fingerprint density at radius 1 is 1.07 bits per heavy atom. The van der Waals surface area contributed by atoms with Crippen LogP contribution in [0.15, 0.2) is 48.9 Å². The number of tetrazole rings is 1. The summed E-state index contributed by atoms with van der Waals surface area (Å²) in [5.41, 5.74) is -0.188. The van der Waals surface area contributed by atoms with Crippen molar-refractivity contribution in [2.24, 2.45) is 0 Å². The van der Waals surface area contributed by atoms with Crippen LogP contribution >= 0.6 is 0 Å². The third-order valence-electron chi connectivity index (χ3n) is 3.98. The molecule has 0 saturated heterocycles. The van der Waals surface area contributed by atoms with Crippen molar-refractivity contribution in [3.8, 4) is 5.75 Å². The highest BCUT2D eigenvalue weighted by Crippen LogP contribution is 2.29. The van der Waals surface area contributed by atoms with E-state index in [9.17, 15) is 27.1 Å². The van der Waals surface area contributed by atoms with Gasteiger partial charge in [0.25, 0.3) is 6.43 Å². The van der Waals surface area contributed by atoms with E-state index < -0.39 is 30.3 Å². The highest BCUT2D eigenvalue weighted by molar-refractivity contribution is 5.26. The van der Waals surface area contributed by atoms with Crippen molar-refractivity contribution in [1.29, 1.82) is 0 Å². The van der Waals surface area contributed by atoms with E-state index in [1.54, 1.807) is 0 Å². The number of ether oxygens (including phenoxy) is 1. The summed E-state index contributed by atoms with van der Waals surface area (Å²) in [6.07, 6.45) is -7.24. The van der Waals surface area contributed by atoms with Gasteiger partial charge in [-0.05, 0) is 40.3 Å². The van der Waals surface area contributed by atoms with E-state index in [0.717, 1.165) is 23.1 Å². The lowest BCUT2D eigenvalue weighted by molar-refractivity contribution is -0.137. The molecule has 2 aromatic heterocycles. The largest absolute Gasteiger partial charge is 0.487 e. The van der Waals surface area contributed by atoms with Crippen LogP contribution in [0.2, 0.25) is 0 Å². The van der Waals surface area contributed by atoms with Gasteiger partial charge < -0.3 is 9.84 Å². The number of alkyl halides is 5. The minimum absolute atomic E-state index is 0.0186. The number of benzene rings is 1. The first-order valence-electron chi connectivity index (χ1n) is 8.19. The van der Waals surface area contributed by atoms with Gasteiger partial charge in [0.15, 0.2) is 0 Å². The first-order chi connectivity index (χ1) is 13.8. The normalized spacial score (nSPS) is 14.0. The lowest BCUT2D eigenvalue weighted by Crippen LogP contribution is -2.32. The van der Waals surface area contributed by atoms with Crippen molar-refractivity contribution < 1.29 is 31.8 Å². The molecule has 3 aromatic rings. The summed E-state index contributed by atoms with van der Waals surface area (Å²) in [6.45, 7) is -0.0186. The Hall–Kier alpha value is -3.15. The van der Waals surface area contributed by atoms with Crippen LogP contribution in [0.5, 0.6) is 5.75 Å². The fourth-order valence-corrected chi connectivity index (χ4v) is 2.51. The highest BCUT2D eigenvalue weighted by Gasteiger charge is 2.32. The number of rotatable bonds is 7. The maximum Gasteiger partial charge on any atom is 0.416 e. The van der Waals surface area contributed by atoms with E-state index in [-0.39, 0.29) is 18.1 Å². The van der Waals surface area contributed by atoms with Crippen molar-refractivity contribution in [2.45, 2.75) is 31.4 Å². The van der Waals surface area contributed by atoms with Crippen LogP contribution in [0.3, 0.4) is 0 Å². The van der Waals surface area contributed by atoms with Gasteiger partial charge in [-0.1, -0.05) is 12.1 Å². The topological polar surface area (TPSA) is 86.0 Å². The van der Waals surface area contributed by atoms with Crippen molar-refractivity contribution >= 4 is 0 Å². The summed E-state index contributed by atoms with van der Waals surface area (Å²) in [5, 5.41) is 20.1. The van der Waals surface area contributed by atoms with E-state index in [2.05, 4.69) is 20.5 Å².